The molecule has 1 atom stereocenters. The van der Waals surface area contributed by atoms with Crippen LogP contribution in [0, 0.1) is 0 Å². The molecular formula is C17H23NO4. The summed E-state index contributed by atoms with van der Waals surface area (Å²) in [6, 6.07) is 7.17. The summed E-state index contributed by atoms with van der Waals surface area (Å²) in [6.45, 7) is 7.83. The molecule has 2 rings (SSSR count). The molecule has 1 heterocycles. The van der Waals surface area contributed by atoms with Gasteiger partial charge < -0.3 is 9.47 Å². The van der Waals surface area contributed by atoms with Gasteiger partial charge in [-0.2, -0.15) is 0 Å². The highest BCUT2D eigenvalue weighted by atomic mass is 16.6. The Hall–Kier alpha value is -2.04. The molecule has 1 aliphatic heterocycles. The van der Waals surface area contributed by atoms with E-state index < -0.39 is 17.7 Å². The zero-order valence-electron chi connectivity index (χ0n) is 13.6. The lowest BCUT2D eigenvalue weighted by atomic mass is 9.94. The molecule has 1 amide bonds. The van der Waals surface area contributed by atoms with E-state index in [2.05, 4.69) is 0 Å². The molecule has 0 saturated heterocycles. The van der Waals surface area contributed by atoms with Crippen molar-refractivity contribution in [2.75, 3.05) is 6.61 Å². The molecule has 1 unspecified atom stereocenters. The third-order valence-electron chi connectivity index (χ3n) is 3.44. The highest BCUT2D eigenvalue weighted by Gasteiger charge is 2.37. The highest BCUT2D eigenvalue weighted by Crippen LogP contribution is 2.26. The maximum absolute atomic E-state index is 12.4. The van der Waals surface area contributed by atoms with Gasteiger partial charge in [-0.15, -0.1) is 0 Å². The first kappa shape index (κ1) is 16.3. The number of hydrogen-bond donors (Lipinski definition) is 0. The molecule has 0 N–H and O–H groups in total. The van der Waals surface area contributed by atoms with Gasteiger partial charge in [0.05, 0.1) is 13.2 Å². The molecule has 0 saturated carbocycles. The van der Waals surface area contributed by atoms with Crippen molar-refractivity contribution in [3.8, 4) is 0 Å². The number of hydrogen-bond acceptors (Lipinski definition) is 4. The molecule has 0 aromatic heterocycles. The van der Waals surface area contributed by atoms with Gasteiger partial charge in [0.15, 0.2) is 0 Å². The third-order valence-corrected chi connectivity index (χ3v) is 3.44. The van der Waals surface area contributed by atoms with Gasteiger partial charge in [0.1, 0.15) is 11.6 Å². The van der Waals surface area contributed by atoms with Crippen LogP contribution in [0.3, 0.4) is 0 Å². The van der Waals surface area contributed by atoms with Gasteiger partial charge in [0.2, 0.25) is 0 Å². The van der Waals surface area contributed by atoms with Gasteiger partial charge in [-0.25, -0.2) is 9.59 Å². The summed E-state index contributed by atoms with van der Waals surface area (Å²) in [6.07, 6.45) is -0.0334. The maximum Gasteiger partial charge on any atom is 0.411 e. The molecular weight excluding hydrogens is 282 g/mol. The molecule has 1 aliphatic rings. The summed E-state index contributed by atoms with van der Waals surface area (Å²) in [7, 11) is 0. The zero-order valence-corrected chi connectivity index (χ0v) is 13.6. The van der Waals surface area contributed by atoms with Crippen molar-refractivity contribution in [2.24, 2.45) is 0 Å². The fourth-order valence-corrected chi connectivity index (χ4v) is 2.48. The van der Waals surface area contributed by atoms with E-state index in [1.165, 1.54) is 4.90 Å². The molecule has 5 heteroatoms. The van der Waals surface area contributed by atoms with Crippen LogP contribution in [0.4, 0.5) is 4.79 Å². The van der Waals surface area contributed by atoms with Crippen LogP contribution < -0.4 is 0 Å². The summed E-state index contributed by atoms with van der Waals surface area (Å²) in [4.78, 5) is 26.1. The van der Waals surface area contributed by atoms with E-state index >= 15 is 0 Å². The number of carbonyl (C=O) groups is 2. The number of fused-ring (bicyclic) bond motifs is 1. The van der Waals surface area contributed by atoms with Gasteiger partial charge in [0.25, 0.3) is 0 Å². The monoisotopic (exact) mass is 305 g/mol. The van der Waals surface area contributed by atoms with Gasteiger partial charge in [-0.1, -0.05) is 24.3 Å². The van der Waals surface area contributed by atoms with Gasteiger partial charge in [-0.05, 0) is 38.8 Å². The van der Waals surface area contributed by atoms with E-state index in [0.717, 1.165) is 11.1 Å². The summed E-state index contributed by atoms with van der Waals surface area (Å²) in [5.74, 6) is -0.386. The number of esters is 1. The number of carbonyl (C=O) groups excluding carboxylic acids is 2. The van der Waals surface area contributed by atoms with Crippen molar-refractivity contribution in [2.45, 2.75) is 52.3 Å². The fourth-order valence-electron chi connectivity index (χ4n) is 2.48. The first-order valence-electron chi connectivity index (χ1n) is 7.55. The van der Waals surface area contributed by atoms with Crippen molar-refractivity contribution in [1.82, 2.24) is 4.90 Å². The number of rotatable bonds is 2. The molecule has 0 spiro atoms. The second kappa shape index (κ2) is 6.38. The standard InChI is InChI=1S/C17H23NO4/c1-5-21-15(19)14-10-12-8-6-7-9-13(12)11-18(14)16(20)22-17(2,3)4/h6-9,14H,5,10-11H2,1-4H3. The Bertz CT molecular complexity index is 562. The second-order valence-electron chi connectivity index (χ2n) is 6.35. The quantitative estimate of drug-likeness (QED) is 0.788. The molecule has 0 aliphatic carbocycles. The second-order valence-corrected chi connectivity index (χ2v) is 6.35. The lowest BCUT2D eigenvalue weighted by Gasteiger charge is -2.36. The van der Waals surface area contributed by atoms with E-state index in [9.17, 15) is 9.59 Å². The number of benzene rings is 1. The summed E-state index contributed by atoms with van der Waals surface area (Å²) in [5.41, 5.74) is 1.50. The van der Waals surface area contributed by atoms with Crippen molar-refractivity contribution in [3.63, 3.8) is 0 Å². The average Bonchev–Trinajstić information content (AvgIpc) is 2.44. The molecule has 5 nitrogen and oxygen atoms in total. The zero-order chi connectivity index (χ0) is 16.3. The van der Waals surface area contributed by atoms with E-state index in [-0.39, 0.29) is 5.97 Å². The first-order chi connectivity index (χ1) is 10.3. The lowest BCUT2D eigenvalue weighted by Crippen LogP contribution is -2.50. The maximum atomic E-state index is 12.4. The molecule has 0 fully saturated rings. The molecule has 1 aromatic rings. The van der Waals surface area contributed by atoms with Crippen LogP contribution in [0.2, 0.25) is 0 Å². The van der Waals surface area contributed by atoms with Crippen LogP contribution in [-0.4, -0.2) is 35.2 Å². The average molecular weight is 305 g/mol. The van der Waals surface area contributed by atoms with E-state index in [1.807, 2.05) is 45.0 Å². The molecule has 0 radical (unpaired) electrons. The molecule has 0 bridgehead atoms. The topological polar surface area (TPSA) is 55.8 Å². The van der Waals surface area contributed by atoms with Crippen molar-refractivity contribution < 1.29 is 19.1 Å². The summed E-state index contributed by atoms with van der Waals surface area (Å²) >= 11 is 0. The summed E-state index contributed by atoms with van der Waals surface area (Å²) in [5, 5.41) is 0. The van der Waals surface area contributed by atoms with Crippen molar-refractivity contribution in [3.05, 3.63) is 35.4 Å². The van der Waals surface area contributed by atoms with E-state index in [4.69, 9.17) is 9.47 Å². The Morgan fingerprint density at radius 1 is 1.23 bits per heavy atom. The minimum Gasteiger partial charge on any atom is -0.464 e. The number of nitrogens with zero attached hydrogens (tertiary/aromatic N) is 1. The Labute approximate surface area is 131 Å². The van der Waals surface area contributed by atoms with Crippen LogP contribution >= 0.6 is 0 Å². The van der Waals surface area contributed by atoms with Gasteiger partial charge in [0, 0.05) is 6.42 Å². The van der Waals surface area contributed by atoms with Crippen LogP contribution in [0.1, 0.15) is 38.8 Å². The van der Waals surface area contributed by atoms with Crippen molar-refractivity contribution >= 4 is 12.1 Å². The van der Waals surface area contributed by atoms with Gasteiger partial charge in [-0.3, -0.25) is 4.90 Å². The molecule has 1 aromatic carbocycles. The Kier molecular flexibility index (Phi) is 4.74. The van der Waals surface area contributed by atoms with E-state index in [0.29, 0.717) is 19.6 Å². The predicted molar refractivity (Wildman–Crippen MR) is 82.3 cm³/mol. The van der Waals surface area contributed by atoms with Crippen molar-refractivity contribution in [1.29, 1.82) is 0 Å². The first-order valence-corrected chi connectivity index (χ1v) is 7.55. The molecule has 22 heavy (non-hydrogen) atoms. The highest BCUT2D eigenvalue weighted by molar-refractivity contribution is 5.82. The van der Waals surface area contributed by atoms with Crippen LogP contribution in [0.5, 0.6) is 0 Å². The van der Waals surface area contributed by atoms with Crippen LogP contribution in [-0.2, 0) is 27.2 Å². The summed E-state index contributed by atoms with van der Waals surface area (Å²) < 4.78 is 10.5. The smallest absolute Gasteiger partial charge is 0.411 e. The molecule has 120 valence electrons. The number of ether oxygens (including phenoxy) is 2. The van der Waals surface area contributed by atoms with Gasteiger partial charge >= 0.3 is 12.1 Å². The van der Waals surface area contributed by atoms with E-state index in [1.54, 1.807) is 6.92 Å². The third kappa shape index (κ3) is 3.78. The predicted octanol–water partition coefficient (Wildman–Crippen LogP) is 2.91. The lowest BCUT2D eigenvalue weighted by molar-refractivity contribution is -0.150. The normalized spacial score (nSPS) is 17.6. The minimum atomic E-state index is -0.635. The Morgan fingerprint density at radius 3 is 2.45 bits per heavy atom. The number of amides is 1. The SMILES string of the molecule is CCOC(=O)C1Cc2ccccc2CN1C(=O)OC(C)(C)C. The fraction of sp³-hybridized carbons (Fsp3) is 0.529. The Balaban J connectivity index is 2.27. The van der Waals surface area contributed by atoms with Crippen LogP contribution in [0.15, 0.2) is 24.3 Å². The van der Waals surface area contributed by atoms with Crippen LogP contribution in [0.25, 0.3) is 0 Å². The largest absolute Gasteiger partial charge is 0.464 e. The minimum absolute atomic E-state index is 0.291. The Morgan fingerprint density at radius 2 is 1.86 bits per heavy atom.